The minimum absolute atomic E-state index is 0.0948. The van der Waals surface area contributed by atoms with Crippen LogP contribution in [-0.4, -0.2) is 39.7 Å². The summed E-state index contributed by atoms with van der Waals surface area (Å²) in [5.41, 5.74) is 9.47. The third-order valence-electron chi connectivity index (χ3n) is 9.30. The maximum Gasteiger partial charge on any atom is 0.233 e. The lowest BCUT2D eigenvalue weighted by Crippen LogP contribution is -2.24. The number of hydrogen-bond acceptors (Lipinski definition) is 8. The molecule has 1 saturated carbocycles. The molecule has 2 unspecified atom stereocenters. The summed E-state index contributed by atoms with van der Waals surface area (Å²) in [6.45, 7) is 1.36. The molecule has 4 N–H and O–H groups in total. The van der Waals surface area contributed by atoms with Crippen molar-refractivity contribution >= 4 is 44.5 Å². The lowest BCUT2D eigenvalue weighted by Gasteiger charge is -2.25. The van der Waals surface area contributed by atoms with E-state index in [-0.39, 0.29) is 27.4 Å². The molecule has 11 nitrogen and oxygen atoms in total. The van der Waals surface area contributed by atoms with Crippen LogP contribution in [0.4, 0.5) is 23.0 Å². The topological polar surface area (TPSA) is 154 Å². The molecule has 2 atom stereocenters. The van der Waals surface area contributed by atoms with Crippen molar-refractivity contribution < 1.29 is 18.0 Å². The van der Waals surface area contributed by atoms with E-state index < -0.39 is 15.8 Å². The Hall–Kier alpha value is -6.01. The average Bonchev–Trinajstić information content (AvgIpc) is 3.89. The van der Waals surface area contributed by atoms with Gasteiger partial charge in [0.25, 0.3) is 0 Å². The molecule has 1 fully saturated rings. The Kier molecular flexibility index (Phi) is 9.99. The number of carbonyl (C=O) groups excluding carboxylic acids is 2. The van der Waals surface area contributed by atoms with Crippen LogP contribution in [0.3, 0.4) is 0 Å². The molecule has 52 heavy (non-hydrogen) atoms. The lowest BCUT2D eigenvalue weighted by atomic mass is 9.87. The van der Waals surface area contributed by atoms with E-state index in [2.05, 4.69) is 33.0 Å². The van der Waals surface area contributed by atoms with Gasteiger partial charge in [0.15, 0.2) is 5.82 Å². The predicted octanol–water partition coefficient (Wildman–Crippen LogP) is 6.82. The summed E-state index contributed by atoms with van der Waals surface area (Å²) < 4.78 is 30.1. The van der Waals surface area contributed by atoms with Crippen molar-refractivity contribution in [1.82, 2.24) is 19.6 Å². The number of nitrogens with two attached hydrogens (primary N) is 1. The first-order chi connectivity index (χ1) is 25.2. The first kappa shape index (κ1) is 34.4. The summed E-state index contributed by atoms with van der Waals surface area (Å²) in [6, 6.07) is 35.5. The van der Waals surface area contributed by atoms with E-state index in [4.69, 9.17) is 5.73 Å². The van der Waals surface area contributed by atoms with Crippen LogP contribution in [0.1, 0.15) is 48.3 Å². The highest BCUT2D eigenvalue weighted by atomic mass is 32.2. The summed E-state index contributed by atoms with van der Waals surface area (Å²) in [6.07, 6.45) is 5.93. The molecule has 12 heteroatoms. The van der Waals surface area contributed by atoms with Gasteiger partial charge in [-0.3, -0.25) is 19.0 Å². The van der Waals surface area contributed by atoms with E-state index in [1.807, 2.05) is 65.6 Å². The zero-order valence-electron chi connectivity index (χ0n) is 28.4. The van der Waals surface area contributed by atoms with Gasteiger partial charge in [-0.05, 0) is 65.8 Å². The summed E-state index contributed by atoms with van der Waals surface area (Å²) in [4.78, 5) is 26.0. The predicted molar refractivity (Wildman–Crippen MR) is 200 cm³/mol. The van der Waals surface area contributed by atoms with Gasteiger partial charge in [-0.1, -0.05) is 78.9 Å². The summed E-state index contributed by atoms with van der Waals surface area (Å²) in [5, 5.41) is 14.8. The van der Waals surface area contributed by atoms with Crippen LogP contribution < -0.4 is 16.4 Å². The molecule has 0 bridgehead atoms. The van der Waals surface area contributed by atoms with E-state index in [1.54, 1.807) is 59.3 Å². The standard InChI is InChI=1S/C30H28N4O4S.C10H11N3/c35-23-12-10-21(16-23)17-24(30(36)32-29-14-15-34(33-29)19-20-6-2-1-3-7-20)22-11-13-28-26(18-22)31-25-8-4-5-9-27(25)39(28,37)38;11-10-6-7-13(12-10)8-9-4-2-1-3-5-9/h1-9,11,13-15,18,21,24,31H,10,12,16-17,19H2,(H,32,33,36);1-7H,8H2,(H2,11,12). The van der Waals surface area contributed by atoms with Gasteiger partial charge in [0, 0.05) is 31.3 Å². The molecular weight excluding hydrogens is 675 g/mol. The van der Waals surface area contributed by atoms with Crippen LogP contribution in [0.2, 0.25) is 0 Å². The Morgan fingerprint density at radius 3 is 2.10 bits per heavy atom. The van der Waals surface area contributed by atoms with E-state index >= 15 is 0 Å². The molecule has 1 aliphatic carbocycles. The molecule has 2 aliphatic rings. The number of nitrogens with one attached hydrogen (secondary N) is 2. The Bertz CT molecular complexity index is 2300. The molecule has 2 aromatic heterocycles. The van der Waals surface area contributed by atoms with Crippen LogP contribution in [0.15, 0.2) is 137 Å². The van der Waals surface area contributed by atoms with Crippen molar-refractivity contribution in [1.29, 1.82) is 0 Å². The number of aromatic nitrogens is 4. The number of sulfone groups is 1. The van der Waals surface area contributed by atoms with Crippen molar-refractivity contribution in [2.24, 2.45) is 5.92 Å². The fourth-order valence-electron chi connectivity index (χ4n) is 6.72. The van der Waals surface area contributed by atoms with E-state index in [0.29, 0.717) is 54.4 Å². The van der Waals surface area contributed by atoms with Crippen molar-refractivity contribution in [3.8, 4) is 0 Å². The second-order valence-electron chi connectivity index (χ2n) is 13.1. The number of para-hydroxylation sites is 1. The Balaban J connectivity index is 0.000000271. The number of fused-ring (bicyclic) bond motifs is 2. The number of rotatable bonds is 9. The second-order valence-corrected chi connectivity index (χ2v) is 15.0. The highest BCUT2D eigenvalue weighted by Crippen LogP contribution is 2.42. The Labute approximate surface area is 302 Å². The number of amides is 1. The molecule has 3 heterocycles. The molecular formula is C40H39N7O4S. The molecule has 264 valence electrons. The molecule has 0 spiro atoms. The van der Waals surface area contributed by atoms with Gasteiger partial charge in [0.2, 0.25) is 15.7 Å². The Morgan fingerprint density at radius 1 is 0.808 bits per heavy atom. The van der Waals surface area contributed by atoms with Crippen LogP contribution in [0, 0.1) is 5.92 Å². The van der Waals surface area contributed by atoms with Gasteiger partial charge in [-0.15, -0.1) is 0 Å². The lowest BCUT2D eigenvalue weighted by molar-refractivity contribution is -0.119. The minimum Gasteiger partial charge on any atom is -0.382 e. The summed E-state index contributed by atoms with van der Waals surface area (Å²) >= 11 is 0. The first-order valence-corrected chi connectivity index (χ1v) is 18.7. The molecule has 0 saturated heterocycles. The molecule has 1 amide bonds. The van der Waals surface area contributed by atoms with E-state index in [9.17, 15) is 18.0 Å². The van der Waals surface area contributed by atoms with Crippen molar-refractivity contribution in [2.75, 3.05) is 16.4 Å². The van der Waals surface area contributed by atoms with Gasteiger partial charge >= 0.3 is 0 Å². The molecule has 8 rings (SSSR count). The summed E-state index contributed by atoms with van der Waals surface area (Å²) in [7, 11) is -3.69. The van der Waals surface area contributed by atoms with Crippen LogP contribution >= 0.6 is 0 Å². The second kappa shape index (κ2) is 15.1. The average molecular weight is 714 g/mol. The van der Waals surface area contributed by atoms with Crippen LogP contribution in [0.25, 0.3) is 0 Å². The van der Waals surface area contributed by atoms with Crippen molar-refractivity contribution in [3.63, 3.8) is 0 Å². The van der Waals surface area contributed by atoms with Crippen molar-refractivity contribution in [3.05, 3.63) is 144 Å². The van der Waals surface area contributed by atoms with Gasteiger partial charge in [-0.2, -0.15) is 10.2 Å². The fraction of sp³-hybridized carbons (Fsp3) is 0.200. The highest BCUT2D eigenvalue weighted by Gasteiger charge is 2.33. The Morgan fingerprint density at radius 2 is 1.44 bits per heavy atom. The van der Waals surface area contributed by atoms with Crippen LogP contribution in [-0.2, 0) is 32.5 Å². The minimum atomic E-state index is -3.69. The number of carbonyl (C=O) groups is 2. The number of benzene rings is 4. The van der Waals surface area contributed by atoms with E-state index in [1.165, 1.54) is 5.56 Å². The smallest absolute Gasteiger partial charge is 0.233 e. The molecule has 6 aromatic rings. The maximum atomic E-state index is 13.7. The fourth-order valence-corrected chi connectivity index (χ4v) is 8.27. The number of nitrogen functional groups attached to an aromatic ring is 1. The quantitative estimate of drug-likeness (QED) is 0.147. The number of Topliss-reactive ketones (excluding diaryl/α,β-unsaturated/α-hetero) is 1. The maximum absolute atomic E-state index is 13.7. The normalized spacial score (nSPS) is 16.1. The van der Waals surface area contributed by atoms with Gasteiger partial charge in [0.05, 0.1) is 40.2 Å². The number of hydrogen-bond donors (Lipinski definition) is 3. The van der Waals surface area contributed by atoms with E-state index in [0.717, 1.165) is 18.5 Å². The van der Waals surface area contributed by atoms with Gasteiger partial charge in [-0.25, -0.2) is 8.42 Å². The van der Waals surface area contributed by atoms with Gasteiger partial charge in [0.1, 0.15) is 11.6 Å². The first-order valence-electron chi connectivity index (χ1n) is 17.2. The molecule has 4 aromatic carbocycles. The number of nitrogens with zero attached hydrogens (tertiary/aromatic N) is 4. The zero-order chi connectivity index (χ0) is 36.1. The van der Waals surface area contributed by atoms with Gasteiger partial charge < -0.3 is 16.4 Å². The molecule has 1 aliphatic heterocycles. The number of anilines is 4. The number of ketones is 1. The third kappa shape index (κ3) is 7.97. The zero-order valence-corrected chi connectivity index (χ0v) is 29.2. The van der Waals surface area contributed by atoms with Crippen molar-refractivity contribution in [2.45, 2.75) is 54.5 Å². The summed E-state index contributed by atoms with van der Waals surface area (Å²) in [5.74, 6) is 0.503. The molecule has 0 radical (unpaired) electrons. The third-order valence-corrected chi connectivity index (χ3v) is 11.2. The highest BCUT2D eigenvalue weighted by molar-refractivity contribution is 7.92. The largest absolute Gasteiger partial charge is 0.382 e. The monoisotopic (exact) mass is 713 g/mol. The SMILES string of the molecule is Nc1ccn(Cc2ccccc2)n1.O=C1CCC(CC(C(=O)Nc2ccn(Cc3ccccc3)n2)c2ccc3c(c2)Nc2ccccc2S3(=O)=O)C1. The van der Waals surface area contributed by atoms with Crippen LogP contribution in [0.5, 0.6) is 0 Å².